The largest absolute Gasteiger partial charge is 0.349 e. The summed E-state index contributed by atoms with van der Waals surface area (Å²) in [6.45, 7) is 1.84. The van der Waals surface area contributed by atoms with Crippen LogP contribution in [-0.4, -0.2) is 19.0 Å². The molecule has 4 rings (SSSR count). The van der Waals surface area contributed by atoms with E-state index in [0.717, 1.165) is 45.2 Å². The Morgan fingerprint density at radius 3 is 2.56 bits per heavy atom. The van der Waals surface area contributed by atoms with E-state index in [1.807, 2.05) is 6.07 Å². The lowest BCUT2D eigenvalue weighted by Gasteiger charge is -2.37. The zero-order valence-corrected chi connectivity index (χ0v) is 14.6. The third-order valence-corrected chi connectivity index (χ3v) is 5.87. The minimum Gasteiger partial charge on any atom is -0.349 e. The Bertz CT molecular complexity index is 735. The van der Waals surface area contributed by atoms with Gasteiger partial charge in [0.25, 0.3) is 0 Å². The van der Waals surface area contributed by atoms with Crippen LogP contribution in [0.5, 0.6) is 0 Å². The number of piperidine rings is 1. The fraction of sp³-hybridized carbons (Fsp3) is 0.409. The highest BCUT2D eigenvalue weighted by Gasteiger charge is 2.41. The van der Waals surface area contributed by atoms with Gasteiger partial charge in [0, 0.05) is 0 Å². The van der Waals surface area contributed by atoms with Crippen molar-refractivity contribution in [3.05, 3.63) is 71.3 Å². The number of hydrogen-bond donors (Lipinski definition) is 2. The van der Waals surface area contributed by atoms with Crippen LogP contribution >= 0.6 is 0 Å². The monoisotopic (exact) mass is 334 g/mol. The van der Waals surface area contributed by atoms with Crippen LogP contribution in [0.25, 0.3) is 0 Å². The summed E-state index contributed by atoms with van der Waals surface area (Å²) in [5.41, 5.74) is 3.66. The molecule has 2 aromatic carbocycles. The lowest BCUT2D eigenvalue weighted by atomic mass is 9.73. The van der Waals surface area contributed by atoms with E-state index < -0.39 is 0 Å². The predicted octanol–water partition coefficient (Wildman–Crippen LogP) is 3.40. The number of benzene rings is 2. The zero-order valence-electron chi connectivity index (χ0n) is 14.6. The third-order valence-electron chi connectivity index (χ3n) is 5.87. The van der Waals surface area contributed by atoms with Crippen molar-refractivity contribution < 1.29 is 4.79 Å². The molecule has 25 heavy (non-hydrogen) atoms. The highest BCUT2D eigenvalue weighted by molar-refractivity contribution is 5.83. The number of fused-ring (bicyclic) bond motifs is 1. The Balaban J connectivity index is 1.54. The fourth-order valence-corrected chi connectivity index (χ4v) is 4.39. The molecule has 1 saturated heterocycles. The first-order valence-electron chi connectivity index (χ1n) is 9.40. The molecule has 0 saturated carbocycles. The number of rotatable bonds is 4. The van der Waals surface area contributed by atoms with Crippen molar-refractivity contribution in [1.82, 2.24) is 10.6 Å². The van der Waals surface area contributed by atoms with E-state index in [1.54, 1.807) is 0 Å². The SMILES string of the molecule is O=C(N[C@@H]1CCc2ccccc21)C1(Cc2ccccc2)CCNCC1. The van der Waals surface area contributed by atoms with Gasteiger partial charge in [0.2, 0.25) is 5.91 Å². The van der Waals surface area contributed by atoms with E-state index in [2.05, 4.69) is 59.2 Å². The molecule has 0 bridgehead atoms. The minimum atomic E-state index is -0.288. The van der Waals surface area contributed by atoms with Crippen LogP contribution in [0.3, 0.4) is 0 Å². The average Bonchev–Trinajstić information content (AvgIpc) is 3.06. The van der Waals surface area contributed by atoms with Gasteiger partial charge in [-0.05, 0) is 61.9 Å². The van der Waals surface area contributed by atoms with Crippen molar-refractivity contribution in [2.24, 2.45) is 5.41 Å². The van der Waals surface area contributed by atoms with Crippen LogP contribution in [0.1, 0.15) is 42.0 Å². The van der Waals surface area contributed by atoms with Gasteiger partial charge in [0.15, 0.2) is 0 Å². The molecule has 1 amide bonds. The number of nitrogens with one attached hydrogen (secondary N) is 2. The predicted molar refractivity (Wildman–Crippen MR) is 100 cm³/mol. The highest BCUT2D eigenvalue weighted by atomic mass is 16.2. The Kier molecular flexibility index (Phi) is 4.58. The molecule has 1 heterocycles. The number of carbonyl (C=O) groups is 1. The van der Waals surface area contributed by atoms with E-state index in [1.165, 1.54) is 16.7 Å². The van der Waals surface area contributed by atoms with Crippen molar-refractivity contribution >= 4 is 5.91 Å². The van der Waals surface area contributed by atoms with Crippen LogP contribution in [0.2, 0.25) is 0 Å². The summed E-state index contributed by atoms with van der Waals surface area (Å²) in [5, 5.41) is 6.81. The molecule has 1 fully saturated rings. The van der Waals surface area contributed by atoms with Gasteiger partial charge in [-0.2, -0.15) is 0 Å². The summed E-state index contributed by atoms with van der Waals surface area (Å²) in [6.07, 6.45) is 4.72. The van der Waals surface area contributed by atoms with Crippen LogP contribution in [0.4, 0.5) is 0 Å². The fourth-order valence-electron chi connectivity index (χ4n) is 4.39. The minimum absolute atomic E-state index is 0.172. The first-order valence-corrected chi connectivity index (χ1v) is 9.40. The van der Waals surface area contributed by atoms with E-state index in [9.17, 15) is 4.79 Å². The maximum absolute atomic E-state index is 13.4. The van der Waals surface area contributed by atoms with Crippen molar-refractivity contribution in [2.45, 2.75) is 38.1 Å². The van der Waals surface area contributed by atoms with Gasteiger partial charge in [-0.3, -0.25) is 4.79 Å². The molecule has 1 aliphatic carbocycles. The van der Waals surface area contributed by atoms with Gasteiger partial charge in [-0.15, -0.1) is 0 Å². The summed E-state index contributed by atoms with van der Waals surface area (Å²) in [5.74, 6) is 0.236. The first kappa shape index (κ1) is 16.3. The molecular formula is C22H26N2O. The van der Waals surface area contributed by atoms with Crippen LogP contribution in [0, 0.1) is 5.41 Å². The number of carbonyl (C=O) groups excluding carboxylic acids is 1. The summed E-state index contributed by atoms with van der Waals surface area (Å²) < 4.78 is 0. The molecular weight excluding hydrogens is 308 g/mol. The number of hydrogen-bond acceptors (Lipinski definition) is 2. The summed E-state index contributed by atoms with van der Waals surface area (Å²) in [6, 6.07) is 19.1. The van der Waals surface area contributed by atoms with Crippen LogP contribution < -0.4 is 10.6 Å². The lowest BCUT2D eigenvalue weighted by molar-refractivity contribution is -0.133. The van der Waals surface area contributed by atoms with Crippen LogP contribution in [-0.2, 0) is 17.6 Å². The molecule has 0 aromatic heterocycles. The maximum Gasteiger partial charge on any atom is 0.227 e. The van der Waals surface area contributed by atoms with Gasteiger partial charge >= 0.3 is 0 Å². The second kappa shape index (κ2) is 7.01. The second-order valence-corrected chi connectivity index (χ2v) is 7.46. The quantitative estimate of drug-likeness (QED) is 0.900. The van der Waals surface area contributed by atoms with E-state index in [-0.39, 0.29) is 17.4 Å². The van der Waals surface area contributed by atoms with Gasteiger partial charge in [0.1, 0.15) is 0 Å². The van der Waals surface area contributed by atoms with Crippen molar-refractivity contribution in [3.63, 3.8) is 0 Å². The second-order valence-electron chi connectivity index (χ2n) is 7.46. The van der Waals surface area contributed by atoms with Gasteiger partial charge < -0.3 is 10.6 Å². The van der Waals surface area contributed by atoms with Crippen molar-refractivity contribution in [2.75, 3.05) is 13.1 Å². The molecule has 0 radical (unpaired) electrons. The molecule has 0 unspecified atom stereocenters. The Labute approximate surface area is 149 Å². The molecule has 0 spiro atoms. The summed E-state index contributed by atoms with van der Waals surface area (Å²) >= 11 is 0. The molecule has 3 nitrogen and oxygen atoms in total. The molecule has 2 N–H and O–H groups in total. The zero-order chi connectivity index (χ0) is 17.1. The number of amides is 1. The van der Waals surface area contributed by atoms with Crippen molar-refractivity contribution in [1.29, 1.82) is 0 Å². The van der Waals surface area contributed by atoms with Gasteiger partial charge in [-0.1, -0.05) is 54.6 Å². The molecule has 1 aliphatic heterocycles. The molecule has 2 aliphatic rings. The molecule has 3 heteroatoms. The standard InChI is InChI=1S/C22H26N2O/c25-21(24-20-11-10-18-8-4-5-9-19(18)20)22(12-14-23-15-13-22)16-17-6-2-1-3-7-17/h1-9,20,23H,10-16H2,(H,24,25)/t20-/m1/s1. The molecule has 130 valence electrons. The third kappa shape index (κ3) is 3.34. The topological polar surface area (TPSA) is 41.1 Å². The Morgan fingerprint density at radius 1 is 1.04 bits per heavy atom. The molecule has 1 atom stereocenters. The van der Waals surface area contributed by atoms with Gasteiger partial charge in [-0.25, -0.2) is 0 Å². The van der Waals surface area contributed by atoms with Crippen molar-refractivity contribution in [3.8, 4) is 0 Å². The Morgan fingerprint density at radius 2 is 1.76 bits per heavy atom. The smallest absolute Gasteiger partial charge is 0.227 e. The van der Waals surface area contributed by atoms with Crippen LogP contribution in [0.15, 0.2) is 54.6 Å². The van der Waals surface area contributed by atoms with E-state index in [4.69, 9.17) is 0 Å². The van der Waals surface area contributed by atoms with Gasteiger partial charge in [0.05, 0.1) is 11.5 Å². The lowest BCUT2D eigenvalue weighted by Crippen LogP contribution is -2.49. The summed E-state index contributed by atoms with van der Waals surface area (Å²) in [7, 11) is 0. The average molecular weight is 334 g/mol. The Hall–Kier alpha value is -2.13. The van der Waals surface area contributed by atoms with E-state index >= 15 is 0 Å². The summed E-state index contributed by atoms with van der Waals surface area (Å²) in [4.78, 5) is 13.4. The highest BCUT2D eigenvalue weighted by Crippen LogP contribution is 2.36. The normalized spacial score (nSPS) is 21.5. The maximum atomic E-state index is 13.4. The molecule has 2 aromatic rings. The number of aryl methyl sites for hydroxylation is 1. The first-order chi connectivity index (χ1) is 12.3. The van der Waals surface area contributed by atoms with E-state index in [0.29, 0.717) is 0 Å².